The molecule has 9 N–H and O–H groups in total. The molecule has 1 fully saturated rings. The molecule has 668 valence electrons. The van der Waals surface area contributed by atoms with Crippen molar-refractivity contribution in [2.75, 3.05) is 48.6 Å². The lowest BCUT2D eigenvalue weighted by Crippen LogP contribution is -2.22. The predicted molar refractivity (Wildman–Crippen MR) is 511 cm³/mol. The van der Waals surface area contributed by atoms with Gasteiger partial charge in [0.05, 0.1) is 79.6 Å². The second-order valence-corrected chi connectivity index (χ2v) is 32.6. The first-order chi connectivity index (χ1) is 63.8. The minimum absolute atomic E-state index is 0.138. The molecule has 9 aromatic carbocycles. The van der Waals surface area contributed by atoms with Crippen LogP contribution in [0.15, 0.2) is 254 Å². The molecule has 0 aliphatic carbocycles. The normalized spacial score (nSPS) is 11.8. The topological polar surface area (TPSA) is 385 Å². The lowest BCUT2D eigenvalue weighted by molar-refractivity contribution is 0.327. The van der Waals surface area contributed by atoms with Crippen LogP contribution < -0.4 is 58.5 Å². The molecule has 0 spiro atoms. The van der Waals surface area contributed by atoms with E-state index in [1.807, 2.05) is 205 Å². The van der Waals surface area contributed by atoms with E-state index in [1.54, 1.807) is 38.5 Å². The van der Waals surface area contributed by atoms with Crippen molar-refractivity contribution in [2.45, 2.75) is 87.1 Å². The molecule has 32 nitrogen and oxygen atoms in total. The fourth-order valence-corrected chi connectivity index (χ4v) is 15.0. The summed E-state index contributed by atoms with van der Waals surface area (Å²) in [5, 5.41) is 29.9. The van der Waals surface area contributed by atoms with Gasteiger partial charge >= 0.3 is 0 Å². The summed E-state index contributed by atoms with van der Waals surface area (Å²) in [6.45, 7) is 16.5. The van der Waals surface area contributed by atoms with Gasteiger partial charge in [0.15, 0.2) is 29.1 Å². The number of halogens is 4. The predicted octanol–water partition coefficient (Wildman–Crippen LogP) is 16.4. The van der Waals surface area contributed by atoms with Crippen LogP contribution in [-0.2, 0) is 32.7 Å². The highest BCUT2D eigenvalue weighted by Gasteiger charge is 2.20. The number of aromatic nitrogens is 20. The Morgan fingerprint density at radius 1 is 0.326 bits per heavy atom. The highest BCUT2D eigenvalue weighted by molar-refractivity contribution is 6.33. The molecule has 0 bridgehead atoms. The van der Waals surface area contributed by atoms with Crippen LogP contribution >= 0.6 is 34.8 Å². The van der Waals surface area contributed by atoms with E-state index in [0.717, 1.165) is 103 Å². The van der Waals surface area contributed by atoms with E-state index in [2.05, 4.69) is 108 Å². The van der Waals surface area contributed by atoms with E-state index in [9.17, 15) is 28.4 Å². The third-order valence-electron chi connectivity index (χ3n) is 21.5. The Hall–Kier alpha value is -15.7. The number of rotatable bonds is 21. The first-order valence-electron chi connectivity index (χ1n) is 42.0. The fraction of sp³-hybridized carbons (Fsp3) is 0.177. The second-order valence-electron chi connectivity index (χ2n) is 31.3. The zero-order valence-electron chi connectivity index (χ0n) is 72.8. The van der Waals surface area contributed by atoms with Gasteiger partial charge in [-0.3, -0.25) is 54.4 Å². The van der Waals surface area contributed by atoms with Gasteiger partial charge in [0.1, 0.15) is 17.3 Å². The van der Waals surface area contributed by atoms with E-state index in [-0.39, 0.29) is 39.4 Å². The van der Waals surface area contributed by atoms with Crippen molar-refractivity contribution in [3.63, 3.8) is 0 Å². The van der Waals surface area contributed by atoms with Gasteiger partial charge in [0, 0.05) is 91.8 Å². The highest BCUT2D eigenvalue weighted by atomic mass is 35.5. The van der Waals surface area contributed by atoms with Gasteiger partial charge < -0.3 is 30.7 Å². The van der Waals surface area contributed by atoms with Crippen LogP contribution in [0.1, 0.15) is 74.7 Å². The third-order valence-corrected chi connectivity index (χ3v) is 22.3. The molecule has 0 amide bonds. The van der Waals surface area contributed by atoms with Crippen LogP contribution in [0.4, 0.5) is 27.1 Å². The van der Waals surface area contributed by atoms with Gasteiger partial charge in [0.25, 0.3) is 56.7 Å². The number of hydrogen-bond acceptors (Lipinski definition) is 22. The van der Waals surface area contributed by atoms with E-state index in [0.29, 0.717) is 128 Å². The number of nitrogens with one attached hydrogen (secondary N) is 9. The van der Waals surface area contributed by atoms with Gasteiger partial charge in [-0.2, -0.15) is 47.5 Å². The lowest BCUT2D eigenvalue weighted by Gasteiger charge is -2.12. The molecule has 10 aromatic heterocycles. The Labute approximate surface area is 767 Å². The van der Waals surface area contributed by atoms with Crippen molar-refractivity contribution >= 4 is 86.4 Å². The number of para-hydroxylation sites is 1. The largest absolute Gasteiger partial charge is 0.497 e. The zero-order chi connectivity index (χ0) is 92.2. The number of H-pyrrole nitrogens is 5. The first-order valence-corrected chi connectivity index (χ1v) is 43.1. The number of fused-ring (bicyclic) bond motifs is 5. The minimum atomic E-state index is -0.329. The Bertz CT molecular complexity index is 7710. The molecular weight excluding hydrogens is 1740 g/mol. The van der Waals surface area contributed by atoms with Crippen LogP contribution in [0.5, 0.6) is 11.5 Å². The smallest absolute Gasteiger partial charge is 0.274 e. The monoisotopic (exact) mass is 1830 g/mol. The van der Waals surface area contributed by atoms with Crippen molar-refractivity contribution < 1.29 is 13.9 Å². The molecule has 132 heavy (non-hydrogen) atoms. The van der Waals surface area contributed by atoms with Gasteiger partial charge in [-0.15, -0.1) is 0 Å². The zero-order valence-corrected chi connectivity index (χ0v) is 75.1. The molecule has 1 aliphatic rings. The Morgan fingerprint density at radius 2 is 0.674 bits per heavy atom. The van der Waals surface area contributed by atoms with Gasteiger partial charge in [-0.05, 0) is 205 Å². The van der Waals surface area contributed by atoms with Crippen molar-refractivity contribution in [1.29, 1.82) is 0 Å². The molecule has 1 saturated heterocycles. The van der Waals surface area contributed by atoms with Gasteiger partial charge in [-0.1, -0.05) is 130 Å². The fourth-order valence-electron chi connectivity index (χ4n) is 14.4. The number of aryl methyl sites for hydroxylation is 6. The summed E-state index contributed by atoms with van der Waals surface area (Å²) >= 11 is 18.2. The van der Waals surface area contributed by atoms with E-state index < -0.39 is 0 Å². The highest BCUT2D eigenvalue weighted by Crippen LogP contribution is 2.28. The Morgan fingerprint density at radius 3 is 1.07 bits per heavy atom. The molecule has 20 rings (SSSR count). The number of nitrogens with zero attached hydrogens (tertiary/aromatic N) is 16. The van der Waals surface area contributed by atoms with E-state index in [1.165, 1.54) is 77.4 Å². The molecule has 0 saturated carbocycles. The van der Waals surface area contributed by atoms with Crippen molar-refractivity contribution in [2.24, 2.45) is 0 Å². The Kier molecular flexibility index (Phi) is 27.4. The maximum absolute atomic E-state index is 13.1. The minimum Gasteiger partial charge on any atom is -0.497 e. The SMILES string of the molecule is COc1ccc(-c2nc3nc(CN4CCCC4)cc(=O)n3[nH]2)cc1.COc1ccc(-c2nc3nc(CNc4cc(Cl)ccc4C)cc(=O)n3[nH]2)cc1.Cc1ccc(-c2nc3nc(CNc4cc(Cl)ccc4C)cc(=O)n3[nH]2)cc1.Cc1ccc(NCc2cc(=O)n3[nH]c(-c4ccc(F)cc4)nc3n2)c(C)c1.Cc1cccc(-c2nc3nc(CNc4ccccc4Cl)cc(=O)n3[nH]2)c1. The van der Waals surface area contributed by atoms with E-state index >= 15 is 0 Å². The summed E-state index contributed by atoms with van der Waals surface area (Å²) in [6.07, 6.45) is 2.43. The summed E-state index contributed by atoms with van der Waals surface area (Å²) in [5.74, 6) is 5.72. The summed E-state index contributed by atoms with van der Waals surface area (Å²) in [7, 11) is 3.24. The number of anilines is 4. The number of ether oxygens (including phenoxy) is 2. The molecule has 0 radical (unpaired) electrons. The third kappa shape index (κ3) is 21.8. The van der Waals surface area contributed by atoms with Crippen LogP contribution in [0.25, 0.3) is 85.8 Å². The molecule has 11 heterocycles. The first kappa shape index (κ1) is 89.7. The van der Waals surface area contributed by atoms with Crippen molar-refractivity contribution in [3.8, 4) is 68.4 Å². The van der Waals surface area contributed by atoms with Gasteiger partial charge in [-0.25, -0.2) is 29.3 Å². The number of methoxy groups -OCH3 is 2. The van der Waals surface area contributed by atoms with Crippen molar-refractivity contribution in [1.82, 2.24) is 103 Å². The van der Waals surface area contributed by atoms with Crippen LogP contribution in [0, 0.1) is 47.4 Å². The summed E-state index contributed by atoms with van der Waals surface area (Å²) < 4.78 is 30.1. The summed E-state index contributed by atoms with van der Waals surface area (Å²) in [4.78, 5) is 109. The molecule has 1 aliphatic heterocycles. The number of likely N-dealkylation sites (tertiary alicyclic amines) is 1. The van der Waals surface area contributed by atoms with Gasteiger partial charge in [0.2, 0.25) is 0 Å². The summed E-state index contributed by atoms with van der Waals surface area (Å²) in [5.41, 5.74) is 16.7. The average molecular weight is 1830 g/mol. The Balaban J connectivity index is 0.000000120. The van der Waals surface area contributed by atoms with E-state index in [4.69, 9.17) is 44.3 Å². The van der Waals surface area contributed by atoms with Crippen LogP contribution in [0.2, 0.25) is 15.1 Å². The maximum Gasteiger partial charge on any atom is 0.274 e. The molecule has 0 unspecified atom stereocenters. The second kappa shape index (κ2) is 40.3. The van der Waals surface area contributed by atoms with Crippen molar-refractivity contribution in [3.05, 3.63) is 365 Å². The molecular formula is C96H89Cl3FN25O7. The number of benzene rings is 9. The standard InChI is InChI=1S/C20H18ClN5O2.C20H18ClN5O.C20H18FN5O.C19H16ClN5O.C17H19N5O2/c1-12-3-6-14(21)9-17(12)22-11-15-10-18(27)26-20(23-15)24-19(25-26)13-4-7-16(28-2)8-5-13;1-12-3-6-14(7-4-12)19-24-20-23-16(10-18(27)26(20)25-19)11-22-17-9-15(21)8-5-13(17)2;1-12-3-8-17(13(2)9-12)22-11-16-10-18(27)26-20(23-16)24-19(25-26)14-4-6-15(21)7-5-14;1-12-5-4-6-13(9-12)18-23-19-22-14(10-17(26)25(19)24-18)11-21-16-8-3-2-7-15(16)20;1-24-14-6-4-12(5-7-14)16-19-17-18-13(10-15(23)22(17)20-16)11-21-8-2-3-9-21/h3-10,22H,11H2,1-2H3,(H,23,24,25);2*3-10,22H,11H2,1-2H3,(H,23,24,25);2-10,21H,11H2,1H3,(H,22,23,24);4-7,10H,2-3,8-9,11H2,1H3,(H,18,19,20). The molecule has 0 atom stereocenters. The lowest BCUT2D eigenvalue weighted by atomic mass is 10.1. The van der Waals surface area contributed by atoms with Crippen LogP contribution in [0.3, 0.4) is 0 Å². The van der Waals surface area contributed by atoms with Crippen LogP contribution in [-0.4, -0.2) is 130 Å². The number of aromatic amines is 5. The molecule has 36 heteroatoms. The summed E-state index contributed by atoms with van der Waals surface area (Å²) in [6, 6.07) is 69.0. The quantitative estimate of drug-likeness (QED) is 0.0323. The number of hydrogen-bond donors (Lipinski definition) is 9. The average Bonchev–Trinajstić information content (AvgIpc) is 1.66. The molecule has 19 aromatic rings. The maximum atomic E-state index is 13.1.